The summed E-state index contributed by atoms with van der Waals surface area (Å²) in [6.45, 7) is 0.221. The average Bonchev–Trinajstić information content (AvgIpc) is 3.71. The number of aromatic nitrogens is 4. The summed E-state index contributed by atoms with van der Waals surface area (Å²) in [4.78, 5) is 55.1. The van der Waals surface area contributed by atoms with Crippen LogP contribution in [0, 0.1) is 0 Å². The summed E-state index contributed by atoms with van der Waals surface area (Å²) < 4.78 is 0. The van der Waals surface area contributed by atoms with Crippen LogP contribution in [-0.2, 0) is 6.54 Å². The fourth-order valence-corrected chi connectivity index (χ4v) is 6.17. The van der Waals surface area contributed by atoms with Crippen molar-refractivity contribution in [2.45, 2.75) is 63.5 Å². The van der Waals surface area contributed by atoms with Crippen molar-refractivity contribution >= 4 is 41.1 Å². The van der Waals surface area contributed by atoms with Crippen LogP contribution in [0.4, 0.5) is 22.1 Å². The van der Waals surface area contributed by atoms with Gasteiger partial charge < -0.3 is 5.32 Å². The summed E-state index contributed by atoms with van der Waals surface area (Å²) in [5.41, 5.74) is 4.28. The number of fused-ring (bicyclic) bond motifs is 1. The second kappa shape index (κ2) is 11.9. The molecule has 7 rings (SSSR count). The fraction of sp³-hybridized carbons (Fsp3) is 0.303. The Labute approximate surface area is 259 Å². The number of hydrogen-bond acceptors (Lipinski definition) is 7. The van der Waals surface area contributed by atoms with Gasteiger partial charge in [-0.3, -0.25) is 29.5 Å². The largest absolute Gasteiger partial charge is 0.326 e. The van der Waals surface area contributed by atoms with Gasteiger partial charge in [0.1, 0.15) is 0 Å². The summed E-state index contributed by atoms with van der Waals surface area (Å²) >= 11 is 0. The maximum absolute atomic E-state index is 13.9. The summed E-state index contributed by atoms with van der Waals surface area (Å²) in [5, 5.41) is 18.7. The van der Waals surface area contributed by atoms with Gasteiger partial charge in [0.15, 0.2) is 0 Å². The van der Waals surface area contributed by atoms with Gasteiger partial charge in [-0.15, -0.1) is 5.10 Å². The third-order valence-electron chi connectivity index (χ3n) is 8.74. The number of benzene rings is 3. The fourth-order valence-electron chi connectivity index (χ4n) is 6.17. The Bertz CT molecular complexity index is 1740. The van der Waals surface area contributed by atoms with Crippen LogP contribution in [-0.4, -0.2) is 55.3 Å². The zero-order valence-corrected chi connectivity index (χ0v) is 24.5. The van der Waals surface area contributed by atoms with E-state index in [-0.39, 0.29) is 36.3 Å². The minimum Gasteiger partial charge on any atom is -0.308 e. The first-order chi connectivity index (χ1) is 21.9. The first-order valence-corrected chi connectivity index (χ1v) is 15.3. The predicted molar refractivity (Wildman–Crippen MR) is 166 cm³/mol. The molecule has 12 nitrogen and oxygen atoms in total. The van der Waals surface area contributed by atoms with E-state index in [1.165, 1.54) is 42.6 Å². The number of carbonyl (C=O) groups is 4. The molecule has 2 fully saturated rings. The van der Waals surface area contributed by atoms with Crippen LogP contribution in [0.25, 0.3) is 0 Å². The van der Waals surface area contributed by atoms with Crippen molar-refractivity contribution in [1.82, 2.24) is 25.5 Å². The molecule has 4 aromatic rings. The number of carbonyl (C=O) groups excluding carboxylic acids is 4. The average molecular weight is 605 g/mol. The summed E-state index contributed by atoms with van der Waals surface area (Å²) in [6.07, 6.45) is 7.75. The summed E-state index contributed by atoms with van der Waals surface area (Å²) in [7, 11) is 0. The number of imide groups is 1. The number of hydrogen-bond donors (Lipinski definition) is 3. The van der Waals surface area contributed by atoms with Crippen molar-refractivity contribution in [3.8, 4) is 0 Å². The topological polar surface area (TPSA) is 153 Å². The predicted octanol–water partition coefficient (Wildman–Crippen LogP) is 5.50. The van der Waals surface area contributed by atoms with E-state index in [2.05, 4.69) is 43.4 Å². The van der Waals surface area contributed by atoms with Crippen molar-refractivity contribution in [2.24, 2.45) is 0 Å². The van der Waals surface area contributed by atoms with Crippen LogP contribution in [0.15, 0.2) is 66.7 Å². The molecule has 5 amide bonds. The standard InChI is InChI=1S/C33H32N8O4/c42-29(35-32-36-38-39-37-32)23-8-6-20(7-9-23)19-40(25-13-10-22(11-14-25)21-4-2-1-3-5-21)33(45)34-24-12-17-27-28(18-24)31(44)41(30(27)43)26-15-16-26/h6-14,17-18,21,26H,1-5,15-16,19H2,(H,34,45)(H2,35,36,37,38,39,42). The Morgan fingerprint density at radius 3 is 2.27 bits per heavy atom. The molecule has 2 saturated carbocycles. The van der Waals surface area contributed by atoms with Crippen molar-refractivity contribution in [3.05, 3.63) is 94.5 Å². The van der Waals surface area contributed by atoms with Crippen LogP contribution in [0.2, 0.25) is 0 Å². The molecule has 0 bridgehead atoms. The van der Waals surface area contributed by atoms with Crippen LogP contribution in [0.5, 0.6) is 0 Å². The molecule has 3 N–H and O–H groups in total. The molecule has 0 radical (unpaired) electrons. The molecule has 2 aliphatic carbocycles. The van der Waals surface area contributed by atoms with E-state index in [0.29, 0.717) is 34.0 Å². The van der Waals surface area contributed by atoms with Crippen molar-refractivity contribution in [2.75, 3.05) is 15.5 Å². The SMILES string of the molecule is O=C(Nc1nn[nH]n1)c1ccc(CN(C(=O)Nc2ccc3c(c2)C(=O)N(C2CC2)C3=O)c2ccc(C3CCCCC3)cc2)cc1. The molecule has 12 heteroatoms. The van der Waals surface area contributed by atoms with E-state index in [4.69, 9.17) is 0 Å². The molecule has 45 heavy (non-hydrogen) atoms. The highest BCUT2D eigenvalue weighted by molar-refractivity contribution is 6.22. The van der Waals surface area contributed by atoms with Crippen molar-refractivity contribution in [1.29, 1.82) is 0 Å². The van der Waals surface area contributed by atoms with E-state index < -0.39 is 6.03 Å². The van der Waals surface area contributed by atoms with Gasteiger partial charge >= 0.3 is 6.03 Å². The highest BCUT2D eigenvalue weighted by Crippen LogP contribution is 2.36. The molecule has 0 atom stereocenters. The normalized spacial score (nSPS) is 16.4. The lowest BCUT2D eigenvalue weighted by molar-refractivity contribution is 0.0642. The molecule has 0 unspecified atom stereocenters. The first kappa shape index (κ1) is 28.4. The first-order valence-electron chi connectivity index (χ1n) is 15.3. The number of rotatable bonds is 8. The maximum atomic E-state index is 13.9. The summed E-state index contributed by atoms with van der Waals surface area (Å²) in [6, 6.07) is 19.5. The lowest BCUT2D eigenvalue weighted by atomic mass is 9.84. The number of amides is 5. The van der Waals surface area contributed by atoms with Gasteiger partial charge in [-0.1, -0.05) is 48.6 Å². The Hall–Kier alpha value is -5.39. The molecule has 228 valence electrons. The molecule has 2 heterocycles. The molecular weight excluding hydrogens is 572 g/mol. The highest BCUT2D eigenvalue weighted by Gasteiger charge is 2.44. The number of urea groups is 1. The number of nitrogens with zero attached hydrogens (tertiary/aromatic N) is 5. The zero-order valence-electron chi connectivity index (χ0n) is 24.5. The highest BCUT2D eigenvalue weighted by atomic mass is 16.2. The molecule has 3 aliphatic rings. The van der Waals surface area contributed by atoms with Gasteiger partial charge in [0.2, 0.25) is 0 Å². The van der Waals surface area contributed by atoms with Gasteiger partial charge in [-0.05, 0) is 90.4 Å². The second-order valence-corrected chi connectivity index (χ2v) is 11.8. The number of anilines is 3. The van der Waals surface area contributed by atoms with Gasteiger partial charge in [0.05, 0.1) is 17.7 Å². The Morgan fingerprint density at radius 1 is 0.844 bits per heavy atom. The van der Waals surface area contributed by atoms with Gasteiger partial charge in [0, 0.05) is 23.0 Å². The van der Waals surface area contributed by atoms with Crippen molar-refractivity contribution in [3.63, 3.8) is 0 Å². The van der Waals surface area contributed by atoms with Crippen molar-refractivity contribution < 1.29 is 19.2 Å². The minimum atomic E-state index is -0.393. The van der Waals surface area contributed by atoms with Crippen LogP contribution >= 0.6 is 0 Å². The Kier molecular flexibility index (Phi) is 7.54. The lowest BCUT2D eigenvalue weighted by Gasteiger charge is -2.26. The number of aromatic amines is 1. The smallest absolute Gasteiger partial charge is 0.308 e. The molecular formula is C33H32N8O4. The van der Waals surface area contributed by atoms with Gasteiger partial charge in [-0.2, -0.15) is 5.21 Å². The van der Waals surface area contributed by atoms with E-state index in [1.807, 2.05) is 12.1 Å². The minimum absolute atomic E-state index is 0.0287. The quantitative estimate of drug-likeness (QED) is 0.225. The van der Waals surface area contributed by atoms with Gasteiger partial charge in [0.25, 0.3) is 23.7 Å². The third-order valence-corrected chi connectivity index (χ3v) is 8.74. The van der Waals surface area contributed by atoms with E-state index >= 15 is 0 Å². The third kappa shape index (κ3) is 5.91. The maximum Gasteiger partial charge on any atom is 0.326 e. The molecule has 1 aliphatic heterocycles. The summed E-state index contributed by atoms with van der Waals surface area (Å²) in [5.74, 6) is -0.373. The second-order valence-electron chi connectivity index (χ2n) is 11.8. The monoisotopic (exact) mass is 604 g/mol. The van der Waals surface area contributed by atoms with Crippen LogP contribution < -0.4 is 15.5 Å². The van der Waals surface area contributed by atoms with E-state index in [9.17, 15) is 19.2 Å². The van der Waals surface area contributed by atoms with Crippen LogP contribution in [0.3, 0.4) is 0 Å². The van der Waals surface area contributed by atoms with Gasteiger partial charge in [-0.25, -0.2) is 4.79 Å². The molecule has 1 aromatic heterocycles. The Morgan fingerprint density at radius 2 is 1.58 bits per heavy atom. The molecule has 0 spiro atoms. The van der Waals surface area contributed by atoms with E-state index in [1.54, 1.807) is 47.4 Å². The number of tetrazole rings is 1. The lowest BCUT2D eigenvalue weighted by Crippen LogP contribution is -2.34. The number of H-pyrrole nitrogens is 1. The molecule has 3 aromatic carbocycles. The zero-order chi connectivity index (χ0) is 30.9. The van der Waals surface area contributed by atoms with E-state index in [0.717, 1.165) is 18.4 Å². The Balaban J connectivity index is 1.12. The number of nitrogens with one attached hydrogen (secondary N) is 3. The van der Waals surface area contributed by atoms with Crippen LogP contribution in [0.1, 0.15) is 93.1 Å². The molecule has 0 saturated heterocycles.